The van der Waals surface area contributed by atoms with Crippen molar-refractivity contribution < 1.29 is 9.53 Å². The highest BCUT2D eigenvalue weighted by atomic mass is 79.9. The number of hydrogen-bond acceptors (Lipinski definition) is 5. The Labute approximate surface area is 128 Å². The molecule has 0 amide bonds. The summed E-state index contributed by atoms with van der Waals surface area (Å²) < 4.78 is 5.83. The number of ketones is 1. The van der Waals surface area contributed by atoms with Gasteiger partial charge in [0.05, 0.1) is 24.5 Å². The van der Waals surface area contributed by atoms with E-state index in [-0.39, 0.29) is 5.78 Å². The third kappa shape index (κ3) is 2.40. The van der Waals surface area contributed by atoms with E-state index in [1.54, 1.807) is 12.3 Å². The molecule has 3 heterocycles. The number of pyridine rings is 2. The van der Waals surface area contributed by atoms with Gasteiger partial charge in [-0.25, -0.2) is 4.98 Å². The number of hydrogen-bond donors (Lipinski definition) is 1. The van der Waals surface area contributed by atoms with Crippen LogP contribution in [0.3, 0.4) is 0 Å². The summed E-state index contributed by atoms with van der Waals surface area (Å²) in [6.07, 6.45) is 3.19. The van der Waals surface area contributed by atoms with Gasteiger partial charge in [-0.15, -0.1) is 0 Å². The van der Waals surface area contributed by atoms with Crippen LogP contribution in [-0.2, 0) is 0 Å². The predicted octanol–water partition coefficient (Wildman–Crippen LogP) is 2.99. The van der Waals surface area contributed by atoms with Gasteiger partial charge in [0.25, 0.3) is 0 Å². The number of carbonyl (C=O) groups is 1. The van der Waals surface area contributed by atoms with Gasteiger partial charge in [-0.3, -0.25) is 14.9 Å². The lowest BCUT2D eigenvalue weighted by atomic mass is 10.0. The van der Waals surface area contributed by atoms with Crippen LogP contribution in [0, 0.1) is 0 Å². The number of aromatic nitrogens is 4. The maximum atomic E-state index is 11.8. The Kier molecular flexibility index (Phi) is 3.42. The highest BCUT2D eigenvalue weighted by Gasteiger charge is 2.14. The predicted molar refractivity (Wildman–Crippen MR) is 81.4 cm³/mol. The largest absolute Gasteiger partial charge is 0.481 e. The summed E-state index contributed by atoms with van der Waals surface area (Å²) in [6.45, 7) is 1.50. The van der Waals surface area contributed by atoms with Crippen LogP contribution in [0.2, 0.25) is 0 Å². The Morgan fingerprint density at radius 3 is 2.81 bits per heavy atom. The smallest absolute Gasteiger partial charge is 0.213 e. The molecule has 0 fully saturated rings. The zero-order chi connectivity index (χ0) is 15.0. The van der Waals surface area contributed by atoms with Crippen molar-refractivity contribution in [3.63, 3.8) is 0 Å². The van der Waals surface area contributed by atoms with Crippen LogP contribution in [0.5, 0.6) is 5.88 Å². The van der Waals surface area contributed by atoms with Crippen molar-refractivity contribution in [2.24, 2.45) is 0 Å². The van der Waals surface area contributed by atoms with Gasteiger partial charge in [-0.2, -0.15) is 5.10 Å². The molecule has 0 aliphatic carbocycles. The number of nitrogens with zero attached hydrogens (tertiary/aromatic N) is 3. The molecule has 3 aromatic rings. The fraction of sp³-hybridized carbons (Fsp3) is 0.143. The van der Waals surface area contributed by atoms with E-state index in [4.69, 9.17) is 4.74 Å². The molecule has 0 bridgehead atoms. The molecule has 7 heteroatoms. The molecule has 0 aromatic carbocycles. The summed E-state index contributed by atoms with van der Waals surface area (Å²) in [5.41, 5.74) is 2.66. The third-order valence-electron chi connectivity index (χ3n) is 3.14. The molecule has 106 valence electrons. The molecule has 0 aliphatic heterocycles. The Morgan fingerprint density at radius 1 is 1.29 bits per heavy atom. The molecule has 6 nitrogen and oxygen atoms in total. The van der Waals surface area contributed by atoms with Crippen LogP contribution in [-0.4, -0.2) is 33.1 Å². The minimum absolute atomic E-state index is 0.0756. The summed E-state index contributed by atoms with van der Waals surface area (Å²) in [4.78, 5) is 20.2. The summed E-state index contributed by atoms with van der Waals surface area (Å²) >= 11 is 3.38. The van der Waals surface area contributed by atoms with Gasteiger partial charge in [0, 0.05) is 28.8 Å². The fourth-order valence-corrected chi connectivity index (χ4v) is 2.49. The van der Waals surface area contributed by atoms with E-state index in [0.717, 1.165) is 10.9 Å². The Hall–Kier alpha value is -2.28. The molecule has 0 atom stereocenters. The van der Waals surface area contributed by atoms with Gasteiger partial charge in [-0.1, -0.05) is 0 Å². The second-order valence-electron chi connectivity index (χ2n) is 4.46. The number of methoxy groups -OCH3 is 1. The van der Waals surface area contributed by atoms with Crippen molar-refractivity contribution in [2.75, 3.05) is 7.11 Å². The van der Waals surface area contributed by atoms with Crippen molar-refractivity contribution >= 4 is 32.6 Å². The summed E-state index contributed by atoms with van der Waals surface area (Å²) in [6, 6.07) is 3.57. The molecule has 3 aromatic heterocycles. The number of nitrogens with one attached hydrogen (secondary N) is 1. The van der Waals surface area contributed by atoms with Crippen molar-refractivity contribution in [3.05, 3.63) is 34.7 Å². The first-order valence-electron chi connectivity index (χ1n) is 6.15. The number of Topliss-reactive ketones (excluding diaryl/α,β-unsaturated/α-hetero) is 1. The maximum absolute atomic E-state index is 11.8. The van der Waals surface area contributed by atoms with E-state index in [2.05, 4.69) is 36.1 Å². The van der Waals surface area contributed by atoms with Crippen LogP contribution in [0.25, 0.3) is 22.2 Å². The quantitative estimate of drug-likeness (QED) is 0.737. The third-order valence-corrected chi connectivity index (χ3v) is 3.75. The number of carbonyl (C=O) groups excluding carboxylic acids is 1. The van der Waals surface area contributed by atoms with Gasteiger partial charge < -0.3 is 4.74 Å². The Balaban J connectivity index is 2.24. The first-order valence-corrected chi connectivity index (χ1v) is 6.94. The van der Waals surface area contributed by atoms with Crippen LogP contribution in [0.1, 0.15) is 17.3 Å². The van der Waals surface area contributed by atoms with E-state index in [0.29, 0.717) is 27.3 Å². The Bertz CT molecular complexity index is 844. The van der Waals surface area contributed by atoms with Crippen molar-refractivity contribution in [3.8, 4) is 17.1 Å². The number of aromatic amines is 1. The topological polar surface area (TPSA) is 80.8 Å². The molecule has 0 aliphatic rings. The van der Waals surface area contributed by atoms with Crippen molar-refractivity contribution in [1.29, 1.82) is 0 Å². The average molecular weight is 347 g/mol. The second-order valence-corrected chi connectivity index (χ2v) is 5.21. The molecule has 0 saturated heterocycles. The normalized spacial score (nSPS) is 10.8. The zero-order valence-electron chi connectivity index (χ0n) is 11.3. The first kappa shape index (κ1) is 13.7. The fourth-order valence-electron chi connectivity index (χ4n) is 2.07. The number of rotatable bonds is 3. The van der Waals surface area contributed by atoms with Gasteiger partial charge in [0.15, 0.2) is 5.78 Å². The minimum atomic E-state index is -0.0756. The summed E-state index contributed by atoms with van der Waals surface area (Å²) in [5, 5.41) is 7.83. The van der Waals surface area contributed by atoms with E-state index in [9.17, 15) is 4.79 Å². The van der Waals surface area contributed by atoms with Crippen LogP contribution in [0.4, 0.5) is 0 Å². The number of H-pyrrole nitrogens is 1. The molecule has 0 unspecified atom stereocenters. The minimum Gasteiger partial charge on any atom is -0.481 e. The van der Waals surface area contributed by atoms with Crippen LogP contribution in [0.15, 0.2) is 29.1 Å². The zero-order valence-corrected chi connectivity index (χ0v) is 12.9. The molecule has 0 saturated carbocycles. The number of fused-ring (bicyclic) bond motifs is 1. The van der Waals surface area contributed by atoms with Gasteiger partial charge in [0.2, 0.25) is 5.88 Å². The maximum Gasteiger partial charge on any atom is 0.213 e. The summed E-state index contributed by atoms with van der Waals surface area (Å²) in [5.74, 6) is 0.358. The van der Waals surface area contributed by atoms with Crippen molar-refractivity contribution in [1.82, 2.24) is 20.2 Å². The highest BCUT2D eigenvalue weighted by molar-refractivity contribution is 9.10. The first-order chi connectivity index (χ1) is 10.1. The van der Waals surface area contributed by atoms with E-state index in [1.807, 2.05) is 6.07 Å². The highest BCUT2D eigenvalue weighted by Crippen LogP contribution is 2.29. The molecule has 1 N–H and O–H groups in total. The van der Waals surface area contributed by atoms with Crippen LogP contribution < -0.4 is 4.74 Å². The molecular weight excluding hydrogens is 336 g/mol. The van der Waals surface area contributed by atoms with Gasteiger partial charge >= 0.3 is 0 Å². The standard InChI is InChI=1S/C14H11BrN4O2/c1-7(20)10-5-17-13(21-2)4-8(10)11-3-9-12(6-16-11)18-19-14(9)15/h3-6H,1-2H3,(H,18,19). The number of halogens is 1. The monoisotopic (exact) mass is 346 g/mol. The lowest BCUT2D eigenvalue weighted by Gasteiger charge is -2.08. The van der Waals surface area contributed by atoms with E-state index < -0.39 is 0 Å². The summed E-state index contributed by atoms with van der Waals surface area (Å²) in [7, 11) is 1.53. The van der Waals surface area contributed by atoms with Gasteiger partial charge in [0.1, 0.15) is 4.60 Å². The van der Waals surface area contributed by atoms with E-state index >= 15 is 0 Å². The van der Waals surface area contributed by atoms with Crippen molar-refractivity contribution in [2.45, 2.75) is 6.92 Å². The van der Waals surface area contributed by atoms with E-state index in [1.165, 1.54) is 20.2 Å². The lowest BCUT2D eigenvalue weighted by molar-refractivity contribution is 0.101. The SMILES string of the molecule is COc1cc(-c2cc3c(Br)n[nH]c3cn2)c(C(C)=O)cn1. The molecule has 0 radical (unpaired) electrons. The lowest BCUT2D eigenvalue weighted by Crippen LogP contribution is -2.00. The Morgan fingerprint density at radius 2 is 2.10 bits per heavy atom. The van der Waals surface area contributed by atoms with Crippen LogP contribution >= 0.6 is 15.9 Å². The number of ether oxygens (including phenoxy) is 1. The molecular formula is C14H11BrN4O2. The second kappa shape index (κ2) is 5.25. The molecule has 21 heavy (non-hydrogen) atoms. The average Bonchev–Trinajstić information content (AvgIpc) is 2.87. The van der Waals surface area contributed by atoms with Gasteiger partial charge in [-0.05, 0) is 28.9 Å². The molecule has 0 spiro atoms. The molecule has 3 rings (SSSR count).